The lowest BCUT2D eigenvalue weighted by molar-refractivity contribution is 0.00578. The molecule has 2 rings (SSSR count). The van der Waals surface area contributed by atoms with E-state index in [2.05, 4.69) is 0 Å². The largest absolute Gasteiger partial charge is 0.491 e. The van der Waals surface area contributed by atoms with Gasteiger partial charge in [0.15, 0.2) is 0 Å². The fraction of sp³-hybridized carbons (Fsp3) is 0.467. The van der Waals surface area contributed by atoms with Gasteiger partial charge < -0.3 is 15.0 Å². The third-order valence-corrected chi connectivity index (χ3v) is 4.01. The van der Waals surface area contributed by atoms with Crippen molar-refractivity contribution in [2.45, 2.75) is 38.9 Å². The molecule has 0 radical (unpaired) electrons. The normalized spacial score (nSPS) is 21.3. The molecule has 2 N–H and O–H groups in total. The van der Waals surface area contributed by atoms with Crippen LogP contribution >= 0.6 is 0 Å². The highest BCUT2D eigenvalue weighted by Gasteiger charge is 2.52. The topological polar surface area (TPSA) is 44.5 Å². The lowest BCUT2D eigenvalue weighted by Gasteiger charge is -2.32. The number of halogens is 1. The molecule has 1 aromatic carbocycles. The summed E-state index contributed by atoms with van der Waals surface area (Å²) in [5, 5.41) is 0. The summed E-state index contributed by atoms with van der Waals surface area (Å²) in [6.45, 7) is 8.32. The molecule has 1 heterocycles. The van der Waals surface area contributed by atoms with E-state index in [-0.39, 0.29) is 5.82 Å². The second-order valence-corrected chi connectivity index (χ2v) is 6.06. The molecule has 1 aromatic rings. The highest BCUT2D eigenvalue weighted by Crippen LogP contribution is 2.38. The maximum absolute atomic E-state index is 12.9. The van der Waals surface area contributed by atoms with Crippen molar-refractivity contribution >= 4 is 13.2 Å². The summed E-state index contributed by atoms with van der Waals surface area (Å²) < 4.78 is 24.9. The van der Waals surface area contributed by atoms with E-state index >= 15 is 0 Å². The molecule has 1 aliphatic heterocycles. The molecule has 1 fully saturated rings. The Morgan fingerprint density at radius 1 is 1.15 bits per heavy atom. The van der Waals surface area contributed by atoms with Crippen LogP contribution in [0.4, 0.5) is 4.39 Å². The van der Waals surface area contributed by atoms with Crippen molar-refractivity contribution in [2.24, 2.45) is 5.73 Å². The van der Waals surface area contributed by atoms with Crippen molar-refractivity contribution in [1.29, 1.82) is 0 Å². The zero-order valence-electron chi connectivity index (χ0n) is 12.4. The van der Waals surface area contributed by atoms with Gasteiger partial charge in [0.2, 0.25) is 0 Å². The Bertz CT molecular complexity index is 495. The molecule has 0 unspecified atom stereocenters. The van der Waals surface area contributed by atoms with Crippen molar-refractivity contribution in [3.63, 3.8) is 0 Å². The van der Waals surface area contributed by atoms with Crippen LogP contribution in [0, 0.1) is 5.82 Å². The van der Waals surface area contributed by atoms with Gasteiger partial charge in [0, 0.05) is 6.54 Å². The van der Waals surface area contributed by atoms with Crippen molar-refractivity contribution in [3.8, 4) is 0 Å². The van der Waals surface area contributed by atoms with Gasteiger partial charge in [-0.1, -0.05) is 18.2 Å². The fourth-order valence-electron chi connectivity index (χ4n) is 1.99. The maximum Gasteiger partial charge on any atom is 0.491 e. The van der Waals surface area contributed by atoms with E-state index < -0.39 is 18.3 Å². The van der Waals surface area contributed by atoms with Crippen LogP contribution in [0.25, 0.3) is 6.08 Å². The smallest absolute Gasteiger partial charge is 0.400 e. The van der Waals surface area contributed by atoms with Crippen LogP contribution in [0.1, 0.15) is 33.3 Å². The summed E-state index contributed by atoms with van der Waals surface area (Å²) in [5.41, 5.74) is 6.74. The number of hydrogen-bond acceptors (Lipinski definition) is 3. The molecule has 0 saturated carbocycles. The highest BCUT2D eigenvalue weighted by atomic mass is 19.1. The SMILES string of the molecule is CC1(C)OB(C(=Cc2ccc(F)cc2)CN)OC1(C)C. The zero-order valence-corrected chi connectivity index (χ0v) is 12.4. The minimum absolute atomic E-state index is 0.257. The first-order valence-electron chi connectivity index (χ1n) is 6.77. The Kier molecular flexibility index (Phi) is 4.05. The molecular weight excluding hydrogens is 256 g/mol. The predicted octanol–water partition coefficient (Wildman–Crippen LogP) is 2.80. The van der Waals surface area contributed by atoms with Crippen LogP contribution in [0.15, 0.2) is 29.7 Å². The van der Waals surface area contributed by atoms with E-state index in [4.69, 9.17) is 15.0 Å². The van der Waals surface area contributed by atoms with Gasteiger partial charge >= 0.3 is 7.12 Å². The monoisotopic (exact) mass is 277 g/mol. The molecule has 3 nitrogen and oxygen atoms in total. The number of nitrogens with two attached hydrogens (primary N) is 1. The molecule has 1 aliphatic rings. The van der Waals surface area contributed by atoms with Gasteiger partial charge in [0.05, 0.1) is 11.2 Å². The van der Waals surface area contributed by atoms with Gasteiger partial charge in [-0.15, -0.1) is 0 Å². The summed E-state index contributed by atoms with van der Waals surface area (Å²) >= 11 is 0. The van der Waals surface area contributed by atoms with Crippen LogP contribution in [0.5, 0.6) is 0 Å². The first-order chi connectivity index (χ1) is 9.25. The number of rotatable bonds is 3. The molecule has 1 saturated heterocycles. The van der Waals surface area contributed by atoms with Crippen molar-refractivity contribution in [2.75, 3.05) is 6.54 Å². The first kappa shape index (κ1) is 15.2. The minimum atomic E-state index is -0.463. The summed E-state index contributed by atoms with van der Waals surface area (Å²) in [6.07, 6.45) is 1.89. The zero-order chi connectivity index (χ0) is 15.0. The van der Waals surface area contributed by atoms with Gasteiger partial charge in [-0.25, -0.2) is 4.39 Å². The van der Waals surface area contributed by atoms with Crippen LogP contribution in [-0.4, -0.2) is 24.9 Å². The summed E-state index contributed by atoms with van der Waals surface area (Å²) in [6, 6.07) is 6.25. The summed E-state index contributed by atoms with van der Waals surface area (Å²) in [7, 11) is -0.463. The summed E-state index contributed by atoms with van der Waals surface area (Å²) in [5.74, 6) is -0.257. The van der Waals surface area contributed by atoms with Crippen LogP contribution in [0.3, 0.4) is 0 Å². The molecule has 0 amide bonds. The van der Waals surface area contributed by atoms with E-state index in [1.54, 1.807) is 12.1 Å². The first-order valence-corrected chi connectivity index (χ1v) is 6.77. The van der Waals surface area contributed by atoms with Gasteiger partial charge in [0.25, 0.3) is 0 Å². The molecule has 0 atom stereocenters. The van der Waals surface area contributed by atoms with Crippen molar-refractivity contribution < 1.29 is 13.7 Å². The Morgan fingerprint density at radius 3 is 2.10 bits per heavy atom. The predicted molar refractivity (Wildman–Crippen MR) is 79.5 cm³/mol. The van der Waals surface area contributed by atoms with Gasteiger partial charge in [-0.05, 0) is 50.9 Å². The van der Waals surface area contributed by atoms with Gasteiger partial charge in [0.1, 0.15) is 5.82 Å². The molecule has 20 heavy (non-hydrogen) atoms. The highest BCUT2D eigenvalue weighted by molar-refractivity contribution is 6.55. The summed E-state index contributed by atoms with van der Waals surface area (Å²) in [4.78, 5) is 0. The van der Waals surface area contributed by atoms with E-state index in [0.29, 0.717) is 6.54 Å². The quantitative estimate of drug-likeness (QED) is 0.864. The Hall–Kier alpha value is -1.17. The second-order valence-electron chi connectivity index (χ2n) is 6.06. The lowest BCUT2D eigenvalue weighted by Crippen LogP contribution is -2.41. The van der Waals surface area contributed by atoms with E-state index in [9.17, 15) is 4.39 Å². The van der Waals surface area contributed by atoms with Crippen LogP contribution in [0.2, 0.25) is 0 Å². The molecule has 0 aromatic heterocycles. The molecule has 5 heteroatoms. The Morgan fingerprint density at radius 2 is 1.65 bits per heavy atom. The third-order valence-electron chi connectivity index (χ3n) is 4.01. The van der Waals surface area contributed by atoms with Crippen LogP contribution < -0.4 is 5.73 Å². The Balaban J connectivity index is 2.24. The third kappa shape index (κ3) is 2.95. The van der Waals surface area contributed by atoms with E-state index in [1.165, 1.54) is 12.1 Å². The van der Waals surface area contributed by atoms with Gasteiger partial charge in [-0.2, -0.15) is 0 Å². The van der Waals surface area contributed by atoms with Crippen molar-refractivity contribution in [3.05, 3.63) is 41.1 Å². The van der Waals surface area contributed by atoms with Gasteiger partial charge in [-0.3, -0.25) is 0 Å². The van der Waals surface area contributed by atoms with Crippen LogP contribution in [-0.2, 0) is 9.31 Å². The standard InChI is InChI=1S/C15H21BFNO2/c1-14(2)15(3,4)20-16(19-14)12(10-18)9-11-5-7-13(17)8-6-11/h5-9H,10,18H2,1-4H3. The molecule has 0 spiro atoms. The molecule has 0 bridgehead atoms. The molecule has 0 aliphatic carbocycles. The lowest BCUT2D eigenvalue weighted by atomic mass is 9.77. The average Bonchev–Trinajstić information content (AvgIpc) is 2.57. The number of hydrogen-bond donors (Lipinski definition) is 1. The number of benzene rings is 1. The average molecular weight is 277 g/mol. The van der Waals surface area contributed by atoms with E-state index in [0.717, 1.165) is 11.0 Å². The Labute approximate surface area is 120 Å². The minimum Gasteiger partial charge on any atom is -0.400 e. The van der Waals surface area contributed by atoms with E-state index in [1.807, 2.05) is 33.8 Å². The maximum atomic E-state index is 12.9. The molecule has 108 valence electrons. The molecular formula is C15H21BFNO2. The second kappa shape index (κ2) is 5.32. The fourth-order valence-corrected chi connectivity index (χ4v) is 1.99. The van der Waals surface area contributed by atoms with Crippen molar-refractivity contribution in [1.82, 2.24) is 0 Å².